The summed E-state index contributed by atoms with van der Waals surface area (Å²) in [6.45, 7) is 0. The molecular formula is C22H16NO3-. The number of aromatic carboxylic acids is 1. The van der Waals surface area contributed by atoms with Crippen molar-refractivity contribution < 1.29 is 14.7 Å². The van der Waals surface area contributed by atoms with Gasteiger partial charge in [0.2, 0.25) is 0 Å². The van der Waals surface area contributed by atoms with E-state index in [1.165, 1.54) is 6.07 Å². The lowest BCUT2D eigenvalue weighted by molar-refractivity contribution is -0.254. The fourth-order valence-corrected chi connectivity index (χ4v) is 2.48. The van der Waals surface area contributed by atoms with Crippen LogP contribution in [0.1, 0.15) is 31.8 Å². The topological polar surface area (TPSA) is 69.2 Å². The van der Waals surface area contributed by atoms with Crippen LogP contribution in [0.3, 0.4) is 0 Å². The number of hydrogen-bond acceptors (Lipinski definition) is 3. The van der Waals surface area contributed by atoms with Gasteiger partial charge in [-0.1, -0.05) is 66.7 Å². The molecule has 4 heteroatoms. The van der Waals surface area contributed by atoms with Gasteiger partial charge in [-0.15, -0.1) is 0 Å². The summed E-state index contributed by atoms with van der Waals surface area (Å²) in [5, 5.41) is 14.1. The Kier molecular flexibility index (Phi) is 5.25. The first-order valence-electron chi connectivity index (χ1n) is 8.08. The molecule has 0 unspecified atom stereocenters. The lowest BCUT2D eigenvalue weighted by Crippen LogP contribution is -2.25. The fraction of sp³-hybridized carbons (Fsp3) is 0. The molecule has 0 saturated heterocycles. The molecule has 3 rings (SSSR count). The number of benzene rings is 3. The molecule has 0 spiro atoms. The lowest BCUT2D eigenvalue weighted by atomic mass is 10.1. The first-order valence-corrected chi connectivity index (χ1v) is 8.08. The highest BCUT2D eigenvalue weighted by atomic mass is 16.4. The summed E-state index contributed by atoms with van der Waals surface area (Å²) in [4.78, 5) is 23.7. The molecule has 0 fully saturated rings. The summed E-state index contributed by atoms with van der Waals surface area (Å²) >= 11 is 0. The van der Waals surface area contributed by atoms with Crippen LogP contribution in [0.4, 0.5) is 5.69 Å². The van der Waals surface area contributed by atoms with Gasteiger partial charge in [0, 0.05) is 11.1 Å². The second-order valence-corrected chi connectivity index (χ2v) is 5.66. The number of amides is 1. The molecule has 0 aliphatic rings. The van der Waals surface area contributed by atoms with Gasteiger partial charge in [0.05, 0.1) is 11.7 Å². The summed E-state index contributed by atoms with van der Waals surface area (Å²) in [7, 11) is 0. The Morgan fingerprint density at radius 3 is 2.04 bits per heavy atom. The number of rotatable bonds is 5. The third kappa shape index (κ3) is 4.24. The molecule has 1 N–H and O–H groups in total. The van der Waals surface area contributed by atoms with Gasteiger partial charge in [-0.25, -0.2) is 0 Å². The smallest absolute Gasteiger partial charge is 0.255 e. The largest absolute Gasteiger partial charge is 0.545 e. The minimum atomic E-state index is -1.34. The Balaban J connectivity index is 1.84. The lowest BCUT2D eigenvalue weighted by Gasteiger charge is -2.13. The first-order chi connectivity index (χ1) is 12.6. The number of carbonyl (C=O) groups excluding carboxylic acids is 2. The third-order valence-corrected chi connectivity index (χ3v) is 3.82. The van der Waals surface area contributed by atoms with Crippen LogP contribution in [0, 0.1) is 0 Å². The van der Waals surface area contributed by atoms with Gasteiger partial charge in [0.15, 0.2) is 0 Å². The van der Waals surface area contributed by atoms with Crippen LogP contribution < -0.4 is 10.4 Å². The van der Waals surface area contributed by atoms with Crippen molar-refractivity contribution in [3.63, 3.8) is 0 Å². The average molecular weight is 342 g/mol. The molecule has 0 radical (unpaired) electrons. The molecule has 128 valence electrons. The monoisotopic (exact) mass is 342 g/mol. The minimum absolute atomic E-state index is 0.0653. The van der Waals surface area contributed by atoms with Crippen LogP contribution in [-0.4, -0.2) is 11.9 Å². The second-order valence-electron chi connectivity index (χ2n) is 5.66. The normalized spacial score (nSPS) is 10.6. The molecule has 0 aliphatic carbocycles. The van der Waals surface area contributed by atoms with Crippen molar-refractivity contribution in [1.29, 1.82) is 0 Å². The van der Waals surface area contributed by atoms with E-state index in [0.29, 0.717) is 11.1 Å². The van der Waals surface area contributed by atoms with Crippen LogP contribution in [-0.2, 0) is 0 Å². The Bertz CT molecular complexity index is 948. The van der Waals surface area contributed by atoms with Gasteiger partial charge in [0.1, 0.15) is 0 Å². The Morgan fingerprint density at radius 1 is 0.769 bits per heavy atom. The van der Waals surface area contributed by atoms with E-state index in [0.717, 1.165) is 5.56 Å². The van der Waals surface area contributed by atoms with Crippen LogP contribution in [0.25, 0.3) is 12.2 Å². The highest BCUT2D eigenvalue weighted by Gasteiger charge is 2.10. The maximum absolute atomic E-state index is 12.2. The van der Waals surface area contributed by atoms with Crippen molar-refractivity contribution in [2.75, 3.05) is 5.32 Å². The number of hydrogen-bond donors (Lipinski definition) is 1. The SMILES string of the molecule is O=C(Nc1ccc(/C=C/c2ccccc2)cc1C(=O)[O-])c1ccccc1. The summed E-state index contributed by atoms with van der Waals surface area (Å²) in [5.41, 5.74) is 2.29. The van der Waals surface area contributed by atoms with E-state index >= 15 is 0 Å². The number of carboxylic acids is 1. The predicted molar refractivity (Wildman–Crippen MR) is 101 cm³/mol. The van der Waals surface area contributed by atoms with Crippen LogP contribution in [0.15, 0.2) is 78.9 Å². The van der Waals surface area contributed by atoms with Gasteiger partial charge in [-0.05, 0) is 35.4 Å². The van der Waals surface area contributed by atoms with E-state index in [9.17, 15) is 14.7 Å². The molecule has 4 nitrogen and oxygen atoms in total. The molecular weight excluding hydrogens is 326 g/mol. The van der Waals surface area contributed by atoms with E-state index in [4.69, 9.17) is 0 Å². The van der Waals surface area contributed by atoms with Crippen LogP contribution >= 0.6 is 0 Å². The Hall–Kier alpha value is -3.66. The van der Waals surface area contributed by atoms with Crippen molar-refractivity contribution in [3.8, 4) is 0 Å². The van der Waals surface area contributed by atoms with E-state index < -0.39 is 5.97 Å². The highest BCUT2D eigenvalue weighted by Crippen LogP contribution is 2.20. The summed E-state index contributed by atoms with van der Waals surface area (Å²) in [6, 6.07) is 23.1. The standard InChI is InChI=1S/C22H17NO3/c24-21(18-9-5-2-6-10-18)23-20-14-13-17(15-19(20)22(25)26)12-11-16-7-3-1-4-8-16/h1-15H,(H,23,24)(H,25,26)/p-1/b12-11+. The van der Waals surface area contributed by atoms with E-state index in [1.54, 1.807) is 42.5 Å². The van der Waals surface area contributed by atoms with Crippen molar-refractivity contribution in [2.45, 2.75) is 0 Å². The molecule has 26 heavy (non-hydrogen) atoms. The zero-order chi connectivity index (χ0) is 18.4. The number of anilines is 1. The van der Waals surface area contributed by atoms with Crippen molar-refractivity contribution in [3.05, 3.63) is 101 Å². The maximum Gasteiger partial charge on any atom is 0.255 e. The fourth-order valence-electron chi connectivity index (χ4n) is 2.48. The van der Waals surface area contributed by atoms with E-state index in [1.807, 2.05) is 42.5 Å². The average Bonchev–Trinajstić information content (AvgIpc) is 2.68. The Morgan fingerprint density at radius 2 is 1.38 bits per heavy atom. The predicted octanol–water partition coefficient (Wildman–Crippen LogP) is 3.47. The molecule has 0 atom stereocenters. The summed E-state index contributed by atoms with van der Waals surface area (Å²) in [5.74, 6) is -1.72. The van der Waals surface area contributed by atoms with Gasteiger partial charge in [-0.3, -0.25) is 4.79 Å². The number of nitrogens with one attached hydrogen (secondary N) is 1. The molecule has 0 bridgehead atoms. The van der Waals surface area contributed by atoms with Crippen molar-refractivity contribution in [1.82, 2.24) is 0 Å². The van der Waals surface area contributed by atoms with E-state index in [-0.39, 0.29) is 17.2 Å². The maximum atomic E-state index is 12.2. The summed E-state index contributed by atoms with van der Waals surface area (Å²) < 4.78 is 0. The zero-order valence-corrected chi connectivity index (χ0v) is 13.9. The van der Waals surface area contributed by atoms with Crippen LogP contribution in [0.2, 0.25) is 0 Å². The van der Waals surface area contributed by atoms with Gasteiger partial charge < -0.3 is 15.2 Å². The second kappa shape index (κ2) is 7.94. The Labute approximate surface area is 151 Å². The summed E-state index contributed by atoms with van der Waals surface area (Å²) in [6.07, 6.45) is 3.70. The van der Waals surface area contributed by atoms with E-state index in [2.05, 4.69) is 5.32 Å². The molecule has 0 aromatic heterocycles. The third-order valence-electron chi connectivity index (χ3n) is 3.82. The quantitative estimate of drug-likeness (QED) is 0.722. The number of carboxylic acid groups (broad SMARTS) is 1. The van der Waals surface area contributed by atoms with Crippen molar-refractivity contribution in [2.24, 2.45) is 0 Å². The molecule has 1 amide bonds. The zero-order valence-electron chi connectivity index (χ0n) is 13.9. The minimum Gasteiger partial charge on any atom is -0.545 e. The molecule has 0 aliphatic heterocycles. The van der Waals surface area contributed by atoms with Gasteiger partial charge in [0.25, 0.3) is 5.91 Å². The molecule has 0 saturated carbocycles. The van der Waals surface area contributed by atoms with Gasteiger partial charge in [-0.2, -0.15) is 0 Å². The highest BCUT2D eigenvalue weighted by molar-refractivity contribution is 6.07. The first kappa shape index (κ1) is 17.2. The molecule has 3 aromatic rings. The molecule has 3 aromatic carbocycles. The van der Waals surface area contributed by atoms with Crippen molar-refractivity contribution >= 4 is 29.7 Å². The van der Waals surface area contributed by atoms with Crippen LogP contribution in [0.5, 0.6) is 0 Å². The van der Waals surface area contributed by atoms with Gasteiger partial charge >= 0.3 is 0 Å². The molecule has 0 heterocycles. The number of carbonyl (C=O) groups is 2.